The molecule has 3 aromatic rings. The highest BCUT2D eigenvalue weighted by atomic mass is 16.2. The van der Waals surface area contributed by atoms with Gasteiger partial charge in [-0.1, -0.05) is 30.3 Å². The number of anilines is 1. The number of carbonyl (C=O) groups is 2. The van der Waals surface area contributed by atoms with Gasteiger partial charge in [-0.2, -0.15) is 5.10 Å². The largest absolute Gasteiger partial charge is 0.335 e. The number of aryl methyl sites for hydroxylation is 1. The van der Waals surface area contributed by atoms with Crippen molar-refractivity contribution in [2.45, 2.75) is 19.9 Å². The lowest BCUT2D eigenvalue weighted by atomic mass is 10.1. The Balaban J connectivity index is 1.76. The molecule has 6 nitrogen and oxygen atoms in total. The van der Waals surface area contributed by atoms with Gasteiger partial charge in [-0.25, -0.2) is 0 Å². The van der Waals surface area contributed by atoms with E-state index < -0.39 is 0 Å². The van der Waals surface area contributed by atoms with Crippen molar-refractivity contribution in [2.24, 2.45) is 7.05 Å². The summed E-state index contributed by atoms with van der Waals surface area (Å²) >= 11 is 0. The first-order valence-corrected chi connectivity index (χ1v) is 9.10. The van der Waals surface area contributed by atoms with E-state index in [9.17, 15) is 9.59 Å². The highest BCUT2D eigenvalue weighted by Crippen LogP contribution is 2.24. The van der Waals surface area contributed by atoms with E-state index in [1.807, 2.05) is 63.4 Å². The van der Waals surface area contributed by atoms with Crippen LogP contribution >= 0.6 is 0 Å². The molecule has 1 heterocycles. The predicted molar refractivity (Wildman–Crippen MR) is 109 cm³/mol. The van der Waals surface area contributed by atoms with Crippen molar-refractivity contribution in [3.8, 4) is 0 Å². The Bertz CT molecular complexity index is 995. The summed E-state index contributed by atoms with van der Waals surface area (Å²) in [5.74, 6) is -0.252. The molecule has 28 heavy (non-hydrogen) atoms. The highest BCUT2D eigenvalue weighted by Gasteiger charge is 2.22. The van der Waals surface area contributed by atoms with Crippen LogP contribution in [0.15, 0.2) is 60.8 Å². The van der Waals surface area contributed by atoms with Crippen LogP contribution in [0.25, 0.3) is 0 Å². The molecule has 0 saturated carbocycles. The Labute approximate surface area is 164 Å². The van der Waals surface area contributed by atoms with Crippen LogP contribution < -0.4 is 5.32 Å². The van der Waals surface area contributed by atoms with Gasteiger partial charge in [0.2, 0.25) is 0 Å². The molecule has 6 heteroatoms. The van der Waals surface area contributed by atoms with Gasteiger partial charge in [0.25, 0.3) is 11.8 Å². The predicted octanol–water partition coefficient (Wildman–Crippen LogP) is 3.81. The number of hydrogen-bond acceptors (Lipinski definition) is 3. The van der Waals surface area contributed by atoms with Gasteiger partial charge in [0, 0.05) is 31.0 Å². The molecule has 2 aromatic carbocycles. The minimum absolute atomic E-state index is 0.0863. The first-order chi connectivity index (χ1) is 13.4. The van der Waals surface area contributed by atoms with Crippen molar-refractivity contribution < 1.29 is 9.59 Å². The van der Waals surface area contributed by atoms with E-state index in [4.69, 9.17) is 0 Å². The zero-order valence-corrected chi connectivity index (χ0v) is 16.5. The minimum atomic E-state index is -0.166. The van der Waals surface area contributed by atoms with E-state index >= 15 is 0 Å². The Morgan fingerprint density at radius 2 is 1.82 bits per heavy atom. The third-order valence-electron chi connectivity index (χ3n) is 5.03. The van der Waals surface area contributed by atoms with Gasteiger partial charge in [-0.3, -0.25) is 14.3 Å². The number of rotatable bonds is 5. The maximum Gasteiger partial charge on any atom is 0.257 e. The van der Waals surface area contributed by atoms with Crippen molar-refractivity contribution in [2.75, 3.05) is 12.4 Å². The Kier molecular flexibility index (Phi) is 5.59. The number of benzene rings is 2. The summed E-state index contributed by atoms with van der Waals surface area (Å²) in [6.07, 6.45) is 1.59. The summed E-state index contributed by atoms with van der Waals surface area (Å²) in [6, 6.07) is 16.5. The second-order valence-electron chi connectivity index (χ2n) is 6.80. The van der Waals surface area contributed by atoms with Crippen LogP contribution in [0.2, 0.25) is 0 Å². The van der Waals surface area contributed by atoms with Crippen LogP contribution in [-0.4, -0.2) is 33.5 Å². The van der Waals surface area contributed by atoms with E-state index in [0.29, 0.717) is 16.8 Å². The number of amides is 2. The van der Waals surface area contributed by atoms with Crippen LogP contribution in [0, 0.1) is 6.92 Å². The maximum absolute atomic E-state index is 12.8. The third-order valence-corrected chi connectivity index (χ3v) is 5.03. The highest BCUT2D eigenvalue weighted by molar-refractivity contribution is 6.04. The van der Waals surface area contributed by atoms with E-state index in [2.05, 4.69) is 10.4 Å². The normalized spacial score (nSPS) is 11.7. The van der Waals surface area contributed by atoms with Gasteiger partial charge in [0.05, 0.1) is 17.8 Å². The van der Waals surface area contributed by atoms with Crippen LogP contribution in [-0.2, 0) is 7.05 Å². The van der Waals surface area contributed by atoms with Gasteiger partial charge in [0.15, 0.2) is 0 Å². The van der Waals surface area contributed by atoms with Crippen molar-refractivity contribution in [3.63, 3.8) is 0 Å². The number of carbonyl (C=O) groups excluding carboxylic acids is 2. The molecular weight excluding hydrogens is 352 g/mol. The zero-order valence-electron chi connectivity index (χ0n) is 16.5. The van der Waals surface area contributed by atoms with E-state index in [1.165, 1.54) is 0 Å². The molecule has 0 aliphatic rings. The molecule has 0 bridgehead atoms. The number of nitrogens with one attached hydrogen (secondary N) is 1. The van der Waals surface area contributed by atoms with Gasteiger partial charge in [-0.05, 0) is 43.7 Å². The minimum Gasteiger partial charge on any atom is -0.335 e. The van der Waals surface area contributed by atoms with E-state index in [-0.39, 0.29) is 17.9 Å². The molecule has 0 aliphatic heterocycles. The number of nitrogens with zero attached hydrogens (tertiary/aromatic N) is 3. The summed E-state index contributed by atoms with van der Waals surface area (Å²) in [7, 11) is 3.59. The molecule has 2 amide bonds. The number of hydrogen-bond donors (Lipinski definition) is 1. The molecule has 1 atom stereocenters. The van der Waals surface area contributed by atoms with Gasteiger partial charge < -0.3 is 10.2 Å². The average molecular weight is 376 g/mol. The molecule has 1 aromatic heterocycles. The summed E-state index contributed by atoms with van der Waals surface area (Å²) < 4.78 is 1.69. The summed E-state index contributed by atoms with van der Waals surface area (Å²) in [6.45, 7) is 3.83. The fourth-order valence-electron chi connectivity index (χ4n) is 2.97. The third kappa shape index (κ3) is 3.96. The van der Waals surface area contributed by atoms with Crippen LogP contribution in [0.1, 0.15) is 44.9 Å². The monoisotopic (exact) mass is 376 g/mol. The second kappa shape index (κ2) is 8.08. The Morgan fingerprint density at radius 1 is 1.11 bits per heavy atom. The lowest BCUT2D eigenvalue weighted by molar-refractivity contribution is 0.0741. The lowest BCUT2D eigenvalue weighted by Crippen LogP contribution is -2.30. The molecule has 1 N–H and O–H groups in total. The summed E-state index contributed by atoms with van der Waals surface area (Å²) in [5, 5.41) is 7.06. The molecule has 0 saturated heterocycles. The fraction of sp³-hybridized carbons (Fsp3) is 0.227. The van der Waals surface area contributed by atoms with Crippen molar-refractivity contribution >= 4 is 17.5 Å². The Morgan fingerprint density at radius 3 is 2.46 bits per heavy atom. The molecule has 0 radical (unpaired) electrons. The molecule has 1 unspecified atom stereocenters. The van der Waals surface area contributed by atoms with Gasteiger partial charge >= 0.3 is 0 Å². The van der Waals surface area contributed by atoms with Crippen LogP contribution in [0.5, 0.6) is 0 Å². The number of aromatic nitrogens is 2. The smallest absolute Gasteiger partial charge is 0.257 e. The second-order valence-corrected chi connectivity index (χ2v) is 6.80. The first kappa shape index (κ1) is 19.4. The van der Waals surface area contributed by atoms with Crippen LogP contribution in [0.4, 0.5) is 5.69 Å². The van der Waals surface area contributed by atoms with E-state index in [1.54, 1.807) is 35.0 Å². The average Bonchev–Trinajstić information content (AvgIpc) is 3.05. The molecular formula is C22H24N4O2. The van der Waals surface area contributed by atoms with Crippen molar-refractivity contribution in [1.29, 1.82) is 0 Å². The first-order valence-electron chi connectivity index (χ1n) is 9.10. The van der Waals surface area contributed by atoms with Crippen LogP contribution in [0.3, 0.4) is 0 Å². The summed E-state index contributed by atoms with van der Waals surface area (Å²) in [5.41, 5.74) is 3.64. The Hall–Kier alpha value is -3.41. The lowest BCUT2D eigenvalue weighted by Gasteiger charge is -2.25. The topological polar surface area (TPSA) is 67.2 Å². The van der Waals surface area contributed by atoms with Crippen molar-refractivity contribution in [3.05, 3.63) is 83.2 Å². The fourth-order valence-corrected chi connectivity index (χ4v) is 2.97. The van der Waals surface area contributed by atoms with Gasteiger partial charge in [0.1, 0.15) is 0 Å². The maximum atomic E-state index is 12.8. The molecule has 3 rings (SSSR count). The molecule has 0 fully saturated rings. The molecule has 0 spiro atoms. The zero-order chi connectivity index (χ0) is 20.3. The van der Waals surface area contributed by atoms with Gasteiger partial charge in [-0.15, -0.1) is 0 Å². The van der Waals surface area contributed by atoms with Crippen molar-refractivity contribution in [1.82, 2.24) is 14.7 Å². The standard InChI is InChI=1S/C22H24N4O2/c1-15(25(3)22(28)20-14-23-26(4)16(20)2)18-11-8-12-19(13-18)24-21(27)17-9-6-5-7-10-17/h5-15H,1-4H3,(H,24,27). The van der Waals surface area contributed by atoms with E-state index in [0.717, 1.165) is 11.3 Å². The SMILES string of the molecule is Cc1c(C(=O)N(C)C(C)c2cccc(NC(=O)c3ccccc3)c2)cnn1C. The molecule has 0 aliphatic carbocycles. The quantitative estimate of drug-likeness (QED) is 0.736. The summed E-state index contributed by atoms with van der Waals surface area (Å²) in [4.78, 5) is 26.9. The molecule has 144 valence electrons.